The molecule has 0 fully saturated rings. The number of allylic oxidation sites excluding steroid dienone is 2. The van der Waals surface area contributed by atoms with Crippen molar-refractivity contribution in [1.29, 1.82) is 0 Å². The van der Waals surface area contributed by atoms with Crippen molar-refractivity contribution in [3.8, 4) is 5.69 Å². The van der Waals surface area contributed by atoms with Gasteiger partial charge in [-0.3, -0.25) is 0 Å². The normalized spacial score (nSPS) is 16.0. The van der Waals surface area contributed by atoms with Gasteiger partial charge in [-0.25, -0.2) is 9.07 Å². The van der Waals surface area contributed by atoms with E-state index in [-0.39, 0.29) is 0 Å². The maximum atomic E-state index is 15.3. The molecular weight excluding hydrogens is 462 g/mol. The van der Waals surface area contributed by atoms with Gasteiger partial charge >= 0.3 is 0 Å². The van der Waals surface area contributed by atoms with Crippen molar-refractivity contribution in [2.24, 2.45) is 5.41 Å². The first kappa shape index (κ1) is 23.1. The highest BCUT2D eigenvalue weighted by Gasteiger charge is 2.28. The Bertz CT molecular complexity index is 740. The number of aromatic nitrogens is 2. The molecule has 2 aromatic rings. The Hall–Kier alpha value is -1.17. The van der Waals surface area contributed by atoms with Crippen molar-refractivity contribution in [2.75, 3.05) is 0 Å². The van der Waals surface area contributed by atoms with E-state index in [0.717, 1.165) is 36.9 Å². The fourth-order valence-electron chi connectivity index (χ4n) is 3.62. The molecule has 2 rings (SSSR count). The van der Waals surface area contributed by atoms with Gasteiger partial charge in [0.05, 0.1) is 5.69 Å². The van der Waals surface area contributed by atoms with Crippen LogP contribution >= 0.6 is 22.6 Å². The van der Waals surface area contributed by atoms with E-state index in [1.807, 2.05) is 36.5 Å². The highest BCUT2D eigenvalue weighted by atomic mass is 127. The average molecular weight is 496 g/mol. The molecule has 1 heterocycles. The molecular formula is C24H34FIN2. The third-order valence-corrected chi connectivity index (χ3v) is 5.93. The van der Waals surface area contributed by atoms with E-state index in [2.05, 4.69) is 61.5 Å². The Balaban J connectivity index is 1.83. The third-order valence-electron chi connectivity index (χ3n) is 4.87. The Morgan fingerprint density at radius 1 is 1.21 bits per heavy atom. The second-order valence-corrected chi connectivity index (χ2v) is 11.0. The number of benzene rings is 1. The summed E-state index contributed by atoms with van der Waals surface area (Å²) in [6.45, 7) is 10.7. The molecule has 2 unspecified atom stereocenters. The van der Waals surface area contributed by atoms with Crippen molar-refractivity contribution >= 4 is 22.6 Å². The maximum absolute atomic E-state index is 15.3. The molecule has 2 atom stereocenters. The summed E-state index contributed by atoms with van der Waals surface area (Å²) in [6, 6.07) is 9.53. The Labute approximate surface area is 183 Å². The van der Waals surface area contributed by atoms with E-state index in [0.29, 0.717) is 15.8 Å². The first-order chi connectivity index (χ1) is 13.1. The molecule has 0 aliphatic rings. The maximum Gasteiger partial charge on any atom is 0.134 e. The van der Waals surface area contributed by atoms with Crippen LogP contribution in [0.1, 0.15) is 72.3 Å². The molecule has 0 spiro atoms. The highest BCUT2D eigenvalue weighted by molar-refractivity contribution is 14.1. The topological polar surface area (TPSA) is 17.8 Å². The molecule has 28 heavy (non-hydrogen) atoms. The number of hydrogen-bond acceptors (Lipinski definition) is 1. The summed E-state index contributed by atoms with van der Waals surface area (Å²) in [4.78, 5) is 0. The predicted molar refractivity (Wildman–Crippen MR) is 126 cm³/mol. The van der Waals surface area contributed by atoms with Gasteiger partial charge in [0, 0.05) is 16.3 Å². The van der Waals surface area contributed by atoms with E-state index < -0.39 is 5.67 Å². The number of rotatable bonds is 9. The number of alkyl halides is 2. The second kappa shape index (κ2) is 10.0. The van der Waals surface area contributed by atoms with Gasteiger partial charge in [-0.05, 0) is 75.1 Å². The van der Waals surface area contributed by atoms with Crippen LogP contribution in [0.15, 0.2) is 54.4 Å². The monoisotopic (exact) mass is 496 g/mol. The number of nitrogens with zero attached hydrogens (tertiary/aromatic N) is 2. The van der Waals surface area contributed by atoms with Gasteiger partial charge in [0.1, 0.15) is 5.67 Å². The van der Waals surface area contributed by atoms with Crippen LogP contribution in [0.4, 0.5) is 4.39 Å². The molecule has 0 aliphatic heterocycles. The van der Waals surface area contributed by atoms with Crippen LogP contribution in [0, 0.1) is 5.41 Å². The van der Waals surface area contributed by atoms with Crippen LogP contribution in [0.3, 0.4) is 0 Å². The van der Waals surface area contributed by atoms with E-state index >= 15 is 4.39 Å². The fourth-order valence-corrected chi connectivity index (χ4v) is 4.88. The highest BCUT2D eigenvalue weighted by Crippen LogP contribution is 2.35. The first-order valence-corrected chi connectivity index (χ1v) is 11.4. The summed E-state index contributed by atoms with van der Waals surface area (Å²) >= 11 is 2.41. The summed E-state index contributed by atoms with van der Waals surface area (Å²) in [5.41, 5.74) is 2.19. The quantitative estimate of drug-likeness (QED) is 0.150. The van der Waals surface area contributed by atoms with Gasteiger partial charge in [0.2, 0.25) is 0 Å². The van der Waals surface area contributed by atoms with E-state index in [1.165, 1.54) is 5.57 Å². The third kappa shape index (κ3) is 7.69. The van der Waals surface area contributed by atoms with Gasteiger partial charge in [-0.1, -0.05) is 67.1 Å². The molecule has 0 saturated heterocycles. The van der Waals surface area contributed by atoms with Crippen LogP contribution < -0.4 is 0 Å². The zero-order chi connectivity index (χ0) is 20.8. The molecule has 154 valence electrons. The van der Waals surface area contributed by atoms with Crippen LogP contribution in [0.2, 0.25) is 0 Å². The lowest BCUT2D eigenvalue weighted by Crippen LogP contribution is -2.20. The Morgan fingerprint density at radius 2 is 1.89 bits per heavy atom. The Kier molecular flexibility index (Phi) is 8.29. The molecule has 0 bridgehead atoms. The van der Waals surface area contributed by atoms with Crippen LogP contribution in [0.25, 0.3) is 5.69 Å². The van der Waals surface area contributed by atoms with Crippen molar-refractivity contribution in [3.05, 3.63) is 59.9 Å². The zero-order valence-corrected chi connectivity index (χ0v) is 20.0. The molecule has 0 saturated carbocycles. The molecule has 0 aliphatic carbocycles. The minimum atomic E-state index is -1.31. The van der Waals surface area contributed by atoms with E-state index in [4.69, 9.17) is 0 Å². The predicted octanol–water partition coefficient (Wildman–Crippen LogP) is 7.80. The summed E-state index contributed by atoms with van der Waals surface area (Å²) < 4.78 is 17.4. The molecule has 1 aromatic heterocycles. The zero-order valence-electron chi connectivity index (χ0n) is 17.9. The van der Waals surface area contributed by atoms with Crippen molar-refractivity contribution in [2.45, 2.75) is 76.3 Å². The van der Waals surface area contributed by atoms with Gasteiger partial charge < -0.3 is 0 Å². The molecule has 2 nitrogen and oxygen atoms in total. The number of unbranched alkanes of at least 4 members (excludes halogenated alkanes) is 1. The van der Waals surface area contributed by atoms with Gasteiger partial charge in [-0.2, -0.15) is 5.10 Å². The summed E-state index contributed by atoms with van der Waals surface area (Å²) in [6.07, 6.45) is 10.9. The second-order valence-electron chi connectivity index (χ2n) is 9.22. The Morgan fingerprint density at radius 3 is 2.46 bits per heavy atom. The van der Waals surface area contributed by atoms with Gasteiger partial charge in [-0.15, -0.1) is 0 Å². The molecule has 0 N–H and O–H groups in total. The lowest BCUT2D eigenvalue weighted by Gasteiger charge is -2.24. The number of hydrogen-bond donors (Lipinski definition) is 0. The van der Waals surface area contributed by atoms with Crippen LogP contribution in [-0.4, -0.2) is 13.7 Å². The van der Waals surface area contributed by atoms with Crippen LogP contribution in [0.5, 0.6) is 0 Å². The van der Waals surface area contributed by atoms with E-state index in [1.54, 1.807) is 17.8 Å². The largest absolute Gasteiger partial charge is 0.241 e. The molecule has 0 radical (unpaired) electrons. The SMILES string of the molecule is C/C(=C\CCCC(I)CC(C)(F)c1ccc(-n2cccn2)cc1)CC(C)(C)C. The molecule has 1 aromatic carbocycles. The summed E-state index contributed by atoms with van der Waals surface area (Å²) in [7, 11) is 0. The lowest BCUT2D eigenvalue weighted by molar-refractivity contribution is 0.176. The van der Waals surface area contributed by atoms with Gasteiger partial charge in [0.25, 0.3) is 0 Å². The van der Waals surface area contributed by atoms with E-state index in [9.17, 15) is 0 Å². The smallest absolute Gasteiger partial charge is 0.134 e. The van der Waals surface area contributed by atoms with Crippen molar-refractivity contribution in [1.82, 2.24) is 9.78 Å². The van der Waals surface area contributed by atoms with Crippen molar-refractivity contribution < 1.29 is 4.39 Å². The molecule has 0 amide bonds. The lowest BCUT2D eigenvalue weighted by atomic mass is 9.88. The summed E-state index contributed by atoms with van der Waals surface area (Å²) in [5, 5.41) is 4.22. The molecule has 4 heteroatoms. The number of halogens is 2. The van der Waals surface area contributed by atoms with Gasteiger partial charge in [0.15, 0.2) is 0 Å². The average Bonchev–Trinajstić information content (AvgIpc) is 3.11. The minimum absolute atomic E-state index is 0.328. The summed E-state index contributed by atoms with van der Waals surface area (Å²) in [5.74, 6) is 0. The minimum Gasteiger partial charge on any atom is -0.241 e. The van der Waals surface area contributed by atoms with Crippen LogP contribution in [-0.2, 0) is 5.67 Å². The fraction of sp³-hybridized carbons (Fsp3) is 0.542. The standard InChI is InChI=1S/C24H34FIN2/c1-19(17-23(2,3)4)9-6-7-10-21(26)18-24(5,25)20-11-13-22(14-12-20)28-16-8-15-27-28/h8-9,11-16,21H,6-7,10,17-18H2,1-5H3/b19-9+. The first-order valence-electron chi connectivity index (χ1n) is 10.2. The van der Waals surface area contributed by atoms with Crippen molar-refractivity contribution in [3.63, 3.8) is 0 Å².